The summed E-state index contributed by atoms with van der Waals surface area (Å²) in [5.41, 5.74) is -0.391. The number of sulfone groups is 1. The lowest BCUT2D eigenvalue weighted by Crippen LogP contribution is -2.22. The van der Waals surface area contributed by atoms with Crippen molar-refractivity contribution in [3.05, 3.63) is 27.9 Å². The molecule has 0 bridgehead atoms. The van der Waals surface area contributed by atoms with Gasteiger partial charge in [0.1, 0.15) is 9.84 Å². The van der Waals surface area contributed by atoms with Gasteiger partial charge in [-0.25, -0.2) is 13.4 Å². The zero-order valence-corrected chi connectivity index (χ0v) is 10.5. The van der Waals surface area contributed by atoms with Crippen molar-refractivity contribution < 1.29 is 8.42 Å². The van der Waals surface area contributed by atoms with E-state index < -0.39 is 15.4 Å². The van der Waals surface area contributed by atoms with Crippen molar-refractivity contribution in [2.24, 2.45) is 0 Å². The predicted molar refractivity (Wildman–Crippen MR) is 62.5 cm³/mol. The van der Waals surface area contributed by atoms with Crippen LogP contribution in [0.25, 0.3) is 0 Å². The van der Waals surface area contributed by atoms with E-state index in [2.05, 4.69) is 4.98 Å². The molecule has 0 aliphatic heterocycles. The van der Waals surface area contributed by atoms with E-state index in [1.165, 1.54) is 17.0 Å². The summed E-state index contributed by atoms with van der Waals surface area (Å²) in [6, 6.07) is 0. The summed E-state index contributed by atoms with van der Waals surface area (Å²) in [7, 11) is -2.98. The third-order valence-electron chi connectivity index (χ3n) is 2.17. The van der Waals surface area contributed by atoms with E-state index >= 15 is 0 Å². The smallest absolute Gasteiger partial charge is 0.288 e. The topological polar surface area (TPSA) is 69.0 Å². The van der Waals surface area contributed by atoms with Crippen LogP contribution in [0.5, 0.6) is 0 Å². The van der Waals surface area contributed by atoms with Gasteiger partial charge in [0.2, 0.25) is 0 Å². The molecule has 0 fully saturated rings. The fraction of sp³-hybridized carbons (Fsp3) is 0.556. The maximum Gasteiger partial charge on any atom is 0.288 e. The molecule has 1 rings (SSSR count). The van der Waals surface area contributed by atoms with Gasteiger partial charge in [0, 0.05) is 24.7 Å². The lowest BCUT2D eigenvalue weighted by atomic mass is 10.4. The first-order valence-electron chi connectivity index (χ1n) is 4.87. The fourth-order valence-corrected chi connectivity index (χ4v) is 2.22. The molecule has 1 aromatic rings. The van der Waals surface area contributed by atoms with E-state index in [4.69, 9.17) is 11.6 Å². The molecule has 1 aromatic heterocycles. The van der Waals surface area contributed by atoms with Gasteiger partial charge in [0.25, 0.3) is 5.56 Å². The predicted octanol–water partition coefficient (Wildman–Crippen LogP) is 0.722. The van der Waals surface area contributed by atoms with Gasteiger partial charge in [-0.05, 0) is 6.42 Å². The number of halogens is 1. The Labute approximate surface area is 99.0 Å². The zero-order valence-electron chi connectivity index (χ0n) is 8.89. The molecule has 90 valence electrons. The average molecular weight is 265 g/mol. The first-order chi connectivity index (χ1) is 7.46. The molecule has 0 saturated heterocycles. The Morgan fingerprint density at radius 3 is 2.81 bits per heavy atom. The first-order valence-corrected chi connectivity index (χ1v) is 7.07. The van der Waals surface area contributed by atoms with Crippen molar-refractivity contribution in [1.82, 2.24) is 9.55 Å². The molecule has 0 aliphatic carbocycles. The minimum absolute atomic E-state index is 0.0792. The van der Waals surface area contributed by atoms with Crippen LogP contribution in [0.2, 0.25) is 5.15 Å². The molecule has 0 unspecified atom stereocenters. The molecule has 0 aliphatic rings. The highest BCUT2D eigenvalue weighted by molar-refractivity contribution is 7.91. The highest BCUT2D eigenvalue weighted by Crippen LogP contribution is 1.98. The van der Waals surface area contributed by atoms with Gasteiger partial charge in [-0.1, -0.05) is 18.5 Å². The standard InChI is InChI=1S/C9H13ClN2O3S/c1-2-16(14,15)7-3-5-12-6-4-11-8(10)9(12)13/h4,6H,2-3,5,7H2,1H3. The molecule has 0 atom stereocenters. The Morgan fingerprint density at radius 1 is 1.50 bits per heavy atom. The van der Waals surface area contributed by atoms with Gasteiger partial charge >= 0.3 is 0 Å². The van der Waals surface area contributed by atoms with Gasteiger partial charge in [-0.2, -0.15) is 0 Å². The molecular formula is C9H13ClN2O3S. The number of nitrogens with zero attached hydrogens (tertiary/aromatic N) is 2. The van der Waals surface area contributed by atoms with E-state index in [1.54, 1.807) is 6.92 Å². The largest absolute Gasteiger partial charge is 0.311 e. The minimum atomic E-state index is -2.98. The van der Waals surface area contributed by atoms with Crippen molar-refractivity contribution in [3.8, 4) is 0 Å². The number of hydrogen-bond acceptors (Lipinski definition) is 4. The fourth-order valence-electron chi connectivity index (χ4n) is 1.20. The second-order valence-corrected chi connectivity index (χ2v) is 6.14. The summed E-state index contributed by atoms with van der Waals surface area (Å²) in [4.78, 5) is 15.0. The molecule has 0 saturated carbocycles. The van der Waals surface area contributed by atoms with Gasteiger partial charge < -0.3 is 4.57 Å². The van der Waals surface area contributed by atoms with E-state index in [-0.39, 0.29) is 16.7 Å². The quantitative estimate of drug-likeness (QED) is 0.786. The molecule has 5 nitrogen and oxygen atoms in total. The SMILES string of the molecule is CCS(=O)(=O)CCCn1ccnc(Cl)c1=O. The van der Waals surface area contributed by atoms with Crippen LogP contribution in [0.3, 0.4) is 0 Å². The van der Waals surface area contributed by atoms with Crippen molar-refractivity contribution in [1.29, 1.82) is 0 Å². The van der Waals surface area contributed by atoms with E-state index in [1.807, 2.05) is 0 Å². The van der Waals surface area contributed by atoms with Crippen LogP contribution >= 0.6 is 11.6 Å². The van der Waals surface area contributed by atoms with Crippen LogP contribution in [0, 0.1) is 0 Å². The zero-order chi connectivity index (χ0) is 12.2. The van der Waals surface area contributed by atoms with E-state index in [0.717, 1.165) is 0 Å². The summed E-state index contributed by atoms with van der Waals surface area (Å²) in [6.07, 6.45) is 3.31. The van der Waals surface area contributed by atoms with Crippen LogP contribution in [0.4, 0.5) is 0 Å². The molecule has 16 heavy (non-hydrogen) atoms. The van der Waals surface area contributed by atoms with E-state index in [9.17, 15) is 13.2 Å². The van der Waals surface area contributed by atoms with Gasteiger partial charge in [-0.15, -0.1) is 0 Å². The average Bonchev–Trinajstić information content (AvgIpc) is 2.24. The number of aromatic nitrogens is 2. The Morgan fingerprint density at radius 2 is 2.19 bits per heavy atom. The maximum atomic E-state index is 11.4. The lowest BCUT2D eigenvalue weighted by molar-refractivity contribution is 0.584. The number of rotatable bonds is 5. The third-order valence-corrected chi connectivity index (χ3v) is 4.22. The summed E-state index contributed by atoms with van der Waals surface area (Å²) in [5.74, 6) is 0.203. The highest BCUT2D eigenvalue weighted by atomic mass is 35.5. The van der Waals surface area contributed by atoms with Crippen LogP contribution in [0.15, 0.2) is 17.2 Å². The molecule has 0 radical (unpaired) electrons. The molecule has 0 N–H and O–H groups in total. The minimum Gasteiger partial charge on any atom is -0.311 e. The molecule has 0 spiro atoms. The van der Waals surface area contributed by atoms with Crippen LogP contribution < -0.4 is 5.56 Å². The van der Waals surface area contributed by atoms with Gasteiger partial charge in [0.05, 0.1) is 5.75 Å². The maximum absolute atomic E-state index is 11.4. The van der Waals surface area contributed by atoms with Crippen molar-refractivity contribution in [2.75, 3.05) is 11.5 Å². The van der Waals surface area contributed by atoms with E-state index in [0.29, 0.717) is 13.0 Å². The molecular weight excluding hydrogens is 252 g/mol. The normalized spacial score (nSPS) is 11.6. The third kappa shape index (κ3) is 3.61. The Bertz CT molecular complexity index is 510. The van der Waals surface area contributed by atoms with Crippen molar-refractivity contribution in [3.63, 3.8) is 0 Å². The summed E-state index contributed by atoms with van der Waals surface area (Å²) in [5, 5.41) is -0.0964. The molecule has 1 heterocycles. The number of aryl methyl sites for hydroxylation is 1. The number of hydrogen-bond donors (Lipinski definition) is 0. The molecule has 0 amide bonds. The van der Waals surface area contributed by atoms with Crippen molar-refractivity contribution >= 4 is 21.4 Å². The van der Waals surface area contributed by atoms with Gasteiger partial charge in [-0.3, -0.25) is 4.79 Å². The van der Waals surface area contributed by atoms with Crippen LogP contribution in [-0.2, 0) is 16.4 Å². The second-order valence-electron chi connectivity index (χ2n) is 3.31. The van der Waals surface area contributed by atoms with Gasteiger partial charge in [0.15, 0.2) is 5.15 Å². The Hall–Kier alpha value is -0.880. The highest BCUT2D eigenvalue weighted by Gasteiger charge is 2.07. The van der Waals surface area contributed by atoms with Crippen LogP contribution in [-0.4, -0.2) is 29.5 Å². The first kappa shape index (κ1) is 13.2. The molecule has 0 aromatic carbocycles. The van der Waals surface area contributed by atoms with Crippen LogP contribution in [0.1, 0.15) is 13.3 Å². The molecule has 7 heteroatoms. The summed E-state index contributed by atoms with van der Waals surface area (Å²) >= 11 is 5.55. The second kappa shape index (κ2) is 5.45. The monoisotopic (exact) mass is 264 g/mol. The lowest BCUT2D eigenvalue weighted by Gasteiger charge is -2.05. The summed E-state index contributed by atoms with van der Waals surface area (Å²) in [6.45, 7) is 1.94. The Balaban J connectivity index is 2.63. The van der Waals surface area contributed by atoms with Crippen molar-refractivity contribution in [2.45, 2.75) is 19.9 Å². The summed E-state index contributed by atoms with van der Waals surface area (Å²) < 4.78 is 23.8. The Kier molecular flexibility index (Phi) is 4.49.